The molecule has 1 amide bonds. The topological polar surface area (TPSA) is 64.6 Å². The van der Waals surface area contributed by atoms with E-state index in [9.17, 15) is 9.59 Å². The summed E-state index contributed by atoms with van der Waals surface area (Å²) >= 11 is 0. The molecule has 0 aromatic heterocycles. The van der Waals surface area contributed by atoms with Gasteiger partial charge in [-0.1, -0.05) is 13.0 Å². The van der Waals surface area contributed by atoms with E-state index in [1.54, 1.807) is 19.9 Å². The molecule has 0 saturated carbocycles. The Bertz CT molecular complexity index is 262. The zero-order valence-electron chi connectivity index (χ0n) is 8.15. The number of carbonyl (C=O) groups is 2. The van der Waals surface area contributed by atoms with Gasteiger partial charge in [-0.05, 0) is 6.92 Å². The van der Waals surface area contributed by atoms with Crippen molar-refractivity contribution in [3.8, 4) is 0 Å². The second-order valence-electron chi connectivity index (χ2n) is 2.94. The molecule has 14 heavy (non-hydrogen) atoms. The zero-order chi connectivity index (χ0) is 10.6. The van der Waals surface area contributed by atoms with Gasteiger partial charge in [0.05, 0.1) is 6.61 Å². The lowest BCUT2D eigenvalue weighted by Gasteiger charge is -2.17. The molecule has 0 bridgehead atoms. The molecule has 0 aromatic carbocycles. The van der Waals surface area contributed by atoms with Gasteiger partial charge in [0.25, 0.3) is 0 Å². The Balaban J connectivity index is 2.69. The molecule has 78 valence electrons. The summed E-state index contributed by atoms with van der Waals surface area (Å²) in [6, 6.07) is 0. The van der Waals surface area contributed by atoms with Crippen molar-refractivity contribution >= 4 is 12.1 Å². The first kappa shape index (κ1) is 10.6. The van der Waals surface area contributed by atoms with E-state index in [4.69, 9.17) is 9.47 Å². The Morgan fingerprint density at radius 3 is 3.07 bits per heavy atom. The number of rotatable bonds is 2. The predicted molar refractivity (Wildman–Crippen MR) is 48.3 cm³/mol. The Morgan fingerprint density at radius 2 is 2.43 bits per heavy atom. The van der Waals surface area contributed by atoms with Crippen molar-refractivity contribution in [3.05, 3.63) is 12.3 Å². The lowest BCUT2D eigenvalue weighted by Crippen LogP contribution is -2.34. The molecule has 5 heteroatoms. The fourth-order valence-electron chi connectivity index (χ4n) is 1.11. The normalized spacial score (nSPS) is 26.0. The van der Waals surface area contributed by atoms with Crippen molar-refractivity contribution in [2.45, 2.75) is 20.0 Å². The fraction of sp³-hybridized carbons (Fsp3) is 0.556. The summed E-state index contributed by atoms with van der Waals surface area (Å²) in [5, 5.41) is 2.35. The minimum atomic E-state index is -0.853. The molecule has 0 aromatic rings. The maximum Gasteiger partial charge on any atom is 0.412 e. The summed E-state index contributed by atoms with van der Waals surface area (Å²) < 4.78 is 9.63. The summed E-state index contributed by atoms with van der Waals surface area (Å²) in [5.41, 5.74) is 0. The molecule has 0 unspecified atom stereocenters. The van der Waals surface area contributed by atoms with Crippen LogP contribution < -0.4 is 5.32 Å². The van der Waals surface area contributed by atoms with E-state index in [2.05, 4.69) is 5.32 Å². The zero-order valence-corrected chi connectivity index (χ0v) is 8.15. The van der Waals surface area contributed by atoms with Gasteiger partial charge in [0, 0.05) is 12.1 Å². The number of cyclic esters (lactones) is 1. The summed E-state index contributed by atoms with van der Waals surface area (Å²) in [5.74, 6) is -0.699. The number of esters is 1. The van der Waals surface area contributed by atoms with Gasteiger partial charge in [-0.15, -0.1) is 0 Å². The highest BCUT2D eigenvalue weighted by atomic mass is 16.6. The van der Waals surface area contributed by atoms with Crippen LogP contribution in [-0.4, -0.2) is 24.8 Å². The third-order valence-electron chi connectivity index (χ3n) is 1.83. The lowest BCUT2D eigenvalue weighted by atomic mass is 10.1. The van der Waals surface area contributed by atoms with Crippen LogP contribution in [0.2, 0.25) is 0 Å². The Morgan fingerprint density at radius 1 is 1.71 bits per heavy atom. The van der Waals surface area contributed by atoms with E-state index < -0.39 is 18.2 Å². The highest BCUT2D eigenvalue weighted by Gasteiger charge is 2.30. The number of amides is 1. The average molecular weight is 199 g/mol. The lowest BCUT2D eigenvalue weighted by molar-refractivity contribution is -0.154. The average Bonchev–Trinajstić information content (AvgIpc) is 2.29. The van der Waals surface area contributed by atoms with Crippen LogP contribution in [0, 0.1) is 5.92 Å². The monoisotopic (exact) mass is 199 g/mol. The molecule has 1 rings (SSSR count). The summed E-state index contributed by atoms with van der Waals surface area (Å²) in [6.45, 7) is 3.75. The van der Waals surface area contributed by atoms with E-state index in [1.165, 1.54) is 6.20 Å². The Labute approximate surface area is 82.1 Å². The van der Waals surface area contributed by atoms with Crippen molar-refractivity contribution < 1.29 is 19.1 Å². The SMILES string of the molecule is CCOC(=O)[C@H]1OC(=O)NC=C[C@@H]1C. The summed E-state index contributed by atoms with van der Waals surface area (Å²) in [4.78, 5) is 22.3. The second kappa shape index (κ2) is 4.64. The molecule has 1 aliphatic heterocycles. The van der Waals surface area contributed by atoms with Crippen LogP contribution in [0.5, 0.6) is 0 Å². The number of carbonyl (C=O) groups excluding carboxylic acids is 2. The van der Waals surface area contributed by atoms with Crippen LogP contribution in [0.15, 0.2) is 12.3 Å². The van der Waals surface area contributed by atoms with E-state index in [1.807, 2.05) is 0 Å². The van der Waals surface area contributed by atoms with Gasteiger partial charge in [-0.2, -0.15) is 0 Å². The van der Waals surface area contributed by atoms with E-state index in [0.29, 0.717) is 0 Å². The van der Waals surface area contributed by atoms with Crippen LogP contribution in [-0.2, 0) is 14.3 Å². The third-order valence-corrected chi connectivity index (χ3v) is 1.83. The molecule has 1 aliphatic rings. The van der Waals surface area contributed by atoms with Crippen molar-refractivity contribution in [3.63, 3.8) is 0 Å². The molecule has 2 atom stereocenters. The highest BCUT2D eigenvalue weighted by Crippen LogP contribution is 2.13. The summed E-state index contributed by atoms with van der Waals surface area (Å²) in [7, 11) is 0. The predicted octanol–water partition coefficient (Wildman–Crippen LogP) is 0.808. The first-order valence-electron chi connectivity index (χ1n) is 4.45. The largest absolute Gasteiger partial charge is 0.463 e. The maximum atomic E-state index is 11.3. The van der Waals surface area contributed by atoms with Gasteiger partial charge < -0.3 is 9.47 Å². The van der Waals surface area contributed by atoms with E-state index in [0.717, 1.165) is 0 Å². The number of hydrogen-bond donors (Lipinski definition) is 1. The molecular weight excluding hydrogens is 186 g/mol. The van der Waals surface area contributed by atoms with Crippen LogP contribution >= 0.6 is 0 Å². The minimum absolute atomic E-state index is 0.187. The van der Waals surface area contributed by atoms with Crippen LogP contribution in [0.25, 0.3) is 0 Å². The van der Waals surface area contributed by atoms with Crippen LogP contribution in [0.3, 0.4) is 0 Å². The van der Waals surface area contributed by atoms with Gasteiger partial charge in [-0.3, -0.25) is 5.32 Å². The van der Waals surface area contributed by atoms with E-state index in [-0.39, 0.29) is 12.5 Å². The fourth-order valence-corrected chi connectivity index (χ4v) is 1.11. The number of alkyl carbamates (subject to hydrolysis) is 1. The first-order valence-corrected chi connectivity index (χ1v) is 4.45. The quantitative estimate of drug-likeness (QED) is 0.668. The molecule has 0 fully saturated rings. The van der Waals surface area contributed by atoms with Gasteiger partial charge in [0.2, 0.25) is 6.10 Å². The molecule has 5 nitrogen and oxygen atoms in total. The first-order chi connectivity index (χ1) is 6.65. The third kappa shape index (κ3) is 2.48. The molecule has 0 saturated heterocycles. The van der Waals surface area contributed by atoms with Gasteiger partial charge in [0.15, 0.2) is 0 Å². The smallest absolute Gasteiger partial charge is 0.412 e. The highest BCUT2D eigenvalue weighted by molar-refractivity contribution is 5.80. The maximum absolute atomic E-state index is 11.3. The molecule has 0 spiro atoms. The number of nitrogens with one attached hydrogen (secondary N) is 1. The Hall–Kier alpha value is -1.52. The standard InChI is InChI=1S/C9H13NO4/c1-3-13-8(11)7-6(2)4-5-10-9(12)14-7/h4-7H,3H2,1-2H3,(H,10,12)/t6-,7-/m0/s1. The number of hydrogen-bond acceptors (Lipinski definition) is 4. The molecular formula is C9H13NO4. The molecule has 1 N–H and O–H groups in total. The van der Waals surface area contributed by atoms with Gasteiger partial charge in [-0.25, -0.2) is 9.59 Å². The van der Waals surface area contributed by atoms with Crippen molar-refractivity contribution in [1.29, 1.82) is 0 Å². The summed E-state index contributed by atoms with van der Waals surface area (Å²) in [6.07, 6.45) is 1.66. The number of ether oxygens (including phenoxy) is 2. The minimum Gasteiger partial charge on any atom is -0.463 e. The molecule has 1 heterocycles. The van der Waals surface area contributed by atoms with Crippen LogP contribution in [0.1, 0.15) is 13.8 Å². The molecule has 0 aliphatic carbocycles. The van der Waals surface area contributed by atoms with Crippen molar-refractivity contribution in [1.82, 2.24) is 5.32 Å². The Kier molecular flexibility index (Phi) is 3.50. The van der Waals surface area contributed by atoms with Crippen molar-refractivity contribution in [2.75, 3.05) is 6.61 Å². The van der Waals surface area contributed by atoms with Gasteiger partial charge in [0.1, 0.15) is 0 Å². The van der Waals surface area contributed by atoms with Crippen LogP contribution in [0.4, 0.5) is 4.79 Å². The molecule has 0 radical (unpaired) electrons. The van der Waals surface area contributed by atoms with E-state index >= 15 is 0 Å². The van der Waals surface area contributed by atoms with Gasteiger partial charge >= 0.3 is 12.1 Å². The second-order valence-corrected chi connectivity index (χ2v) is 2.94. The van der Waals surface area contributed by atoms with Crippen molar-refractivity contribution in [2.24, 2.45) is 5.92 Å².